The van der Waals surface area contributed by atoms with Crippen LogP contribution in [-0.2, 0) is 11.2 Å². The molecule has 0 bridgehead atoms. The van der Waals surface area contributed by atoms with Gasteiger partial charge in [0.2, 0.25) is 5.82 Å². The molecule has 2 amide bonds. The summed E-state index contributed by atoms with van der Waals surface area (Å²) < 4.78 is 32.4. The Morgan fingerprint density at radius 1 is 1.26 bits per heavy atom. The third-order valence-electron chi connectivity index (χ3n) is 6.44. The number of thioether (sulfide) groups is 2. The molecule has 0 spiro atoms. The molecule has 194 valence electrons. The van der Waals surface area contributed by atoms with Crippen LogP contribution in [0.1, 0.15) is 52.0 Å². The molecule has 0 saturated heterocycles. The highest BCUT2D eigenvalue weighted by Gasteiger charge is 2.35. The fraction of sp³-hybridized carbons (Fsp3) is 0.625. The number of carbonyl (C=O) groups excluding carboxylic acids is 1. The van der Waals surface area contributed by atoms with Gasteiger partial charge in [-0.1, -0.05) is 24.8 Å². The van der Waals surface area contributed by atoms with Gasteiger partial charge in [-0.05, 0) is 63.5 Å². The van der Waals surface area contributed by atoms with E-state index in [1.165, 1.54) is 42.8 Å². The van der Waals surface area contributed by atoms with Gasteiger partial charge in [0, 0.05) is 12.6 Å². The summed E-state index contributed by atoms with van der Waals surface area (Å²) in [5, 5.41) is 12.7. The predicted molar refractivity (Wildman–Crippen MR) is 136 cm³/mol. The highest BCUT2D eigenvalue weighted by atomic mass is 32.2. The Kier molecular flexibility index (Phi) is 9.31. The summed E-state index contributed by atoms with van der Waals surface area (Å²) in [6, 6.07) is 2.55. The van der Waals surface area contributed by atoms with Crippen molar-refractivity contribution < 1.29 is 28.2 Å². The number of carboxylic acid groups (broad SMARTS) is 1. The van der Waals surface area contributed by atoms with Crippen molar-refractivity contribution in [1.82, 2.24) is 10.2 Å². The Morgan fingerprint density at radius 3 is 2.57 bits per heavy atom. The van der Waals surface area contributed by atoms with E-state index in [4.69, 9.17) is 4.74 Å². The van der Waals surface area contributed by atoms with Gasteiger partial charge in [-0.3, -0.25) is 15.1 Å². The molecule has 3 rings (SSSR count). The van der Waals surface area contributed by atoms with E-state index in [9.17, 15) is 23.5 Å². The molecule has 1 aromatic rings. The van der Waals surface area contributed by atoms with E-state index in [1.807, 2.05) is 0 Å². The normalized spacial score (nSPS) is 22.5. The van der Waals surface area contributed by atoms with Crippen molar-refractivity contribution in [3.63, 3.8) is 0 Å². The van der Waals surface area contributed by atoms with Crippen molar-refractivity contribution >= 4 is 40.7 Å². The minimum absolute atomic E-state index is 0.000440. The summed E-state index contributed by atoms with van der Waals surface area (Å²) in [4.78, 5) is 30.8. The van der Waals surface area contributed by atoms with Gasteiger partial charge in [0.25, 0.3) is 0 Å². The molecule has 7 nitrogen and oxygen atoms in total. The third-order valence-corrected chi connectivity index (χ3v) is 9.06. The second kappa shape index (κ2) is 11.8. The first-order valence-electron chi connectivity index (χ1n) is 11.7. The molecular formula is C24H33F2N3O4S2. The van der Waals surface area contributed by atoms with Crippen LogP contribution in [0.3, 0.4) is 0 Å². The zero-order valence-corrected chi connectivity index (χ0v) is 22.1. The van der Waals surface area contributed by atoms with E-state index >= 15 is 0 Å². The average Bonchev–Trinajstić information content (AvgIpc) is 3.23. The minimum Gasteiger partial charge on any atom is -0.494 e. The number of amides is 2. The summed E-state index contributed by atoms with van der Waals surface area (Å²) >= 11 is 2.63. The van der Waals surface area contributed by atoms with Crippen LogP contribution in [-0.4, -0.2) is 62.7 Å². The smallest absolute Gasteiger partial charge is 0.323 e. The van der Waals surface area contributed by atoms with Gasteiger partial charge in [-0.2, -0.15) is 4.39 Å². The number of methoxy groups -OCH3 is 1. The fourth-order valence-corrected chi connectivity index (χ4v) is 6.98. The maximum atomic E-state index is 14.5. The average molecular weight is 530 g/mol. The lowest BCUT2D eigenvalue weighted by Gasteiger charge is -2.36. The lowest BCUT2D eigenvalue weighted by atomic mass is 9.86. The van der Waals surface area contributed by atoms with Gasteiger partial charge >= 0.3 is 12.0 Å². The second-order valence-corrected chi connectivity index (χ2v) is 12.8. The lowest BCUT2D eigenvalue weighted by molar-refractivity contribution is -0.138. The molecule has 11 heteroatoms. The largest absolute Gasteiger partial charge is 0.494 e. The van der Waals surface area contributed by atoms with Crippen LogP contribution in [0.5, 0.6) is 5.75 Å². The molecule has 0 aromatic heterocycles. The van der Waals surface area contributed by atoms with E-state index in [2.05, 4.69) is 17.2 Å². The summed E-state index contributed by atoms with van der Waals surface area (Å²) in [7, 11) is 1.28. The molecule has 1 aromatic carbocycles. The van der Waals surface area contributed by atoms with Crippen molar-refractivity contribution in [3.8, 4) is 5.75 Å². The van der Waals surface area contributed by atoms with E-state index in [0.717, 1.165) is 25.7 Å². The maximum Gasteiger partial charge on any atom is 0.323 e. The van der Waals surface area contributed by atoms with Crippen LogP contribution >= 0.6 is 23.5 Å². The number of urea groups is 1. The lowest BCUT2D eigenvalue weighted by Crippen LogP contribution is -2.49. The number of amidine groups is 1. The number of nitrogens with one attached hydrogen (secondary N) is 1. The molecule has 1 atom stereocenters. The van der Waals surface area contributed by atoms with Crippen LogP contribution in [0.4, 0.5) is 13.6 Å². The molecule has 1 unspecified atom stereocenters. The summed E-state index contributed by atoms with van der Waals surface area (Å²) in [6.45, 7) is 6.11. The Hall–Kier alpha value is -2.01. The molecule has 2 N–H and O–H groups in total. The van der Waals surface area contributed by atoms with Gasteiger partial charge < -0.3 is 14.7 Å². The van der Waals surface area contributed by atoms with Crippen LogP contribution in [0, 0.1) is 17.6 Å². The number of aliphatic carboxylic acids is 1. The number of aliphatic imine (C=N–C) groups is 1. The Morgan fingerprint density at radius 2 is 1.94 bits per heavy atom. The summed E-state index contributed by atoms with van der Waals surface area (Å²) in [5.74, 6) is -2.46. The van der Waals surface area contributed by atoms with Crippen LogP contribution in [0.2, 0.25) is 0 Å². The topological polar surface area (TPSA) is 91.2 Å². The number of benzene rings is 1. The van der Waals surface area contributed by atoms with Crippen molar-refractivity contribution in [1.29, 1.82) is 0 Å². The van der Waals surface area contributed by atoms with Gasteiger partial charge in [0.1, 0.15) is 4.75 Å². The molecule has 2 aliphatic rings. The third kappa shape index (κ3) is 7.03. The second-order valence-electron chi connectivity index (χ2n) is 9.47. The monoisotopic (exact) mass is 529 g/mol. The van der Waals surface area contributed by atoms with Crippen molar-refractivity contribution in [2.24, 2.45) is 10.9 Å². The number of ether oxygens (including phenoxy) is 1. The van der Waals surface area contributed by atoms with Crippen LogP contribution in [0.15, 0.2) is 17.1 Å². The first-order valence-corrected chi connectivity index (χ1v) is 13.5. The van der Waals surface area contributed by atoms with Gasteiger partial charge in [-0.25, -0.2) is 9.18 Å². The highest BCUT2D eigenvalue weighted by molar-refractivity contribution is 8.25. The number of nitrogens with zero attached hydrogens (tertiary/aromatic N) is 2. The zero-order valence-electron chi connectivity index (χ0n) is 20.5. The molecule has 1 heterocycles. The Balaban J connectivity index is 1.67. The number of hydrogen-bond donors (Lipinski definition) is 2. The Labute approximate surface area is 213 Å². The molecule has 0 radical (unpaired) electrons. The van der Waals surface area contributed by atoms with Gasteiger partial charge in [0.05, 0.1) is 18.2 Å². The zero-order chi connectivity index (χ0) is 25.8. The Bertz CT molecular complexity index is 968. The van der Waals surface area contributed by atoms with Crippen molar-refractivity contribution in [2.45, 2.75) is 68.2 Å². The standard InChI is InChI=1S/C24H33F2N3O4S2/c1-14-5-8-16(9-6-14)29(12-11-15-7-10-17(33-4)20(26)19(15)25)23(32)28-22-27-13-18(34-22)35-24(2,3)21(30)31/h7,10,14,16,18H,5-6,8-9,11-13H2,1-4H3,(H,30,31)(H,27,28,32). The molecule has 1 saturated carbocycles. The first kappa shape index (κ1) is 27.6. The van der Waals surface area contributed by atoms with E-state index in [-0.39, 0.29) is 40.9 Å². The summed E-state index contributed by atoms with van der Waals surface area (Å²) in [5.41, 5.74) is 0.185. The van der Waals surface area contributed by atoms with E-state index in [1.54, 1.807) is 18.7 Å². The number of hydrogen-bond acceptors (Lipinski definition) is 6. The number of carboxylic acids is 1. The molecule has 1 aliphatic heterocycles. The maximum absolute atomic E-state index is 14.5. The van der Waals surface area contributed by atoms with E-state index in [0.29, 0.717) is 17.6 Å². The summed E-state index contributed by atoms with van der Waals surface area (Å²) in [6.07, 6.45) is 3.85. The number of rotatable bonds is 8. The van der Waals surface area contributed by atoms with Crippen LogP contribution < -0.4 is 10.1 Å². The highest BCUT2D eigenvalue weighted by Crippen LogP contribution is 2.38. The van der Waals surface area contributed by atoms with Crippen molar-refractivity contribution in [3.05, 3.63) is 29.3 Å². The quantitative estimate of drug-likeness (QED) is 0.485. The van der Waals surface area contributed by atoms with Gasteiger partial charge in [0.15, 0.2) is 16.7 Å². The molecule has 1 fully saturated rings. The number of carbonyl (C=O) groups is 2. The fourth-order valence-electron chi connectivity index (χ4n) is 4.20. The number of halogens is 2. The predicted octanol–water partition coefficient (Wildman–Crippen LogP) is 5.13. The molecule has 1 aliphatic carbocycles. The van der Waals surface area contributed by atoms with E-state index < -0.39 is 22.4 Å². The first-order chi connectivity index (χ1) is 16.5. The molecular weight excluding hydrogens is 496 g/mol. The van der Waals surface area contributed by atoms with Gasteiger partial charge in [-0.15, -0.1) is 11.8 Å². The minimum atomic E-state index is -1.03. The SMILES string of the molecule is COc1ccc(CCN(C(=O)NC2=NCC(SC(C)(C)C(=O)O)S2)C2CCC(C)CC2)c(F)c1F. The van der Waals surface area contributed by atoms with Crippen molar-refractivity contribution in [2.75, 3.05) is 20.2 Å². The van der Waals surface area contributed by atoms with Crippen LogP contribution in [0.25, 0.3) is 0 Å². The molecule has 35 heavy (non-hydrogen) atoms.